The number of amides is 1. The summed E-state index contributed by atoms with van der Waals surface area (Å²) in [6, 6.07) is 10.3. The van der Waals surface area contributed by atoms with Gasteiger partial charge in [-0.1, -0.05) is 31.4 Å². The summed E-state index contributed by atoms with van der Waals surface area (Å²) in [5, 5.41) is 3.17. The fourth-order valence-corrected chi connectivity index (χ4v) is 3.28. The van der Waals surface area contributed by atoms with Crippen molar-refractivity contribution in [2.75, 3.05) is 0 Å². The van der Waals surface area contributed by atoms with Crippen LogP contribution in [0.25, 0.3) is 12.2 Å². The number of rotatable bonds is 4. The molecule has 1 aliphatic carbocycles. The van der Waals surface area contributed by atoms with Gasteiger partial charge in [0.25, 0.3) is 5.91 Å². The van der Waals surface area contributed by atoms with E-state index in [9.17, 15) is 9.18 Å². The minimum atomic E-state index is -0.255. The van der Waals surface area contributed by atoms with Crippen molar-refractivity contribution in [3.8, 4) is 0 Å². The van der Waals surface area contributed by atoms with Crippen molar-refractivity contribution in [2.24, 2.45) is 7.05 Å². The summed E-state index contributed by atoms with van der Waals surface area (Å²) < 4.78 is 15.0. The molecule has 0 saturated heterocycles. The number of pyridine rings is 1. The Labute approximate surface area is 171 Å². The number of halogens is 2. The van der Waals surface area contributed by atoms with Gasteiger partial charge < -0.3 is 29.3 Å². The highest BCUT2D eigenvalue weighted by molar-refractivity contribution is 5.97. The predicted octanol–water partition coefficient (Wildman–Crippen LogP) is 0.887. The summed E-state index contributed by atoms with van der Waals surface area (Å²) in [6.45, 7) is 0. The number of carbonyl (C=O) groups excluding carboxylic acids is 1. The molecule has 0 atom stereocenters. The normalized spacial score (nSPS) is 14.8. The summed E-state index contributed by atoms with van der Waals surface area (Å²) >= 11 is 0. The first-order valence-corrected chi connectivity index (χ1v) is 8.86. The van der Waals surface area contributed by atoms with Crippen LogP contribution in [0.15, 0.2) is 42.6 Å². The van der Waals surface area contributed by atoms with Crippen molar-refractivity contribution in [1.82, 2.24) is 5.32 Å². The lowest BCUT2D eigenvalue weighted by molar-refractivity contribution is -0.673. The molecule has 3 rings (SSSR count). The number of benzene rings is 1. The van der Waals surface area contributed by atoms with Crippen LogP contribution in [0.5, 0.6) is 0 Å². The summed E-state index contributed by atoms with van der Waals surface area (Å²) in [5.41, 5.74) is 2.39. The van der Waals surface area contributed by atoms with E-state index in [1.54, 1.807) is 12.1 Å². The Hall–Kier alpha value is -1.76. The summed E-state index contributed by atoms with van der Waals surface area (Å²) in [4.78, 5) is 12.7. The minimum absolute atomic E-state index is 0. The number of carbonyl (C=O) groups is 1. The number of aryl methyl sites for hydroxylation is 1. The molecule has 3 nitrogen and oxygen atoms in total. The zero-order chi connectivity index (χ0) is 17.6. The van der Waals surface area contributed by atoms with Gasteiger partial charge in [-0.05, 0) is 42.7 Å². The zero-order valence-electron chi connectivity index (χ0n) is 14.9. The fraction of sp³-hybridized carbons (Fsp3) is 0.333. The van der Waals surface area contributed by atoms with Gasteiger partial charge in [0.05, 0.1) is 0 Å². The number of aromatic nitrogens is 1. The van der Waals surface area contributed by atoms with E-state index in [1.165, 1.54) is 31.4 Å². The first-order chi connectivity index (χ1) is 12.1. The van der Waals surface area contributed by atoms with Crippen LogP contribution in [0.3, 0.4) is 0 Å². The third-order valence-corrected chi connectivity index (χ3v) is 4.72. The van der Waals surface area contributed by atoms with Gasteiger partial charge in [0, 0.05) is 18.2 Å². The van der Waals surface area contributed by atoms with Crippen molar-refractivity contribution >= 4 is 18.1 Å². The SMILES string of the molecule is C[n+]1cccc(C(=O)NC2CCCCC2)c1/C=C/c1ccc(F)cc1.[I-]. The van der Waals surface area contributed by atoms with Gasteiger partial charge in [0.15, 0.2) is 6.20 Å². The first kappa shape index (κ1) is 20.6. The second kappa shape index (κ2) is 9.80. The number of hydrogen-bond acceptors (Lipinski definition) is 1. The Morgan fingerprint density at radius 1 is 1.12 bits per heavy atom. The van der Waals surface area contributed by atoms with Crippen LogP contribution in [0, 0.1) is 5.82 Å². The summed E-state index contributed by atoms with van der Waals surface area (Å²) in [5.74, 6) is -0.281. The molecule has 2 aromatic rings. The predicted molar refractivity (Wildman–Crippen MR) is 97.3 cm³/mol. The van der Waals surface area contributed by atoms with Gasteiger partial charge in [-0.15, -0.1) is 0 Å². The van der Waals surface area contributed by atoms with Crippen LogP contribution in [0.1, 0.15) is 53.7 Å². The maximum absolute atomic E-state index is 13.0. The average molecular weight is 466 g/mol. The van der Waals surface area contributed by atoms with Crippen molar-refractivity contribution in [3.05, 3.63) is 65.2 Å². The van der Waals surface area contributed by atoms with Gasteiger partial charge >= 0.3 is 0 Å². The van der Waals surface area contributed by atoms with E-state index in [0.29, 0.717) is 5.56 Å². The molecule has 0 unspecified atom stereocenters. The Kier molecular flexibility index (Phi) is 7.75. The van der Waals surface area contributed by atoms with Gasteiger partial charge in [-0.25, -0.2) is 8.96 Å². The molecule has 1 aliphatic rings. The topological polar surface area (TPSA) is 33.0 Å². The van der Waals surface area contributed by atoms with E-state index in [1.807, 2.05) is 42.1 Å². The zero-order valence-corrected chi connectivity index (χ0v) is 17.1. The Morgan fingerprint density at radius 3 is 2.50 bits per heavy atom. The Bertz CT molecular complexity index is 768. The lowest BCUT2D eigenvalue weighted by Gasteiger charge is -2.22. The largest absolute Gasteiger partial charge is 1.00 e. The monoisotopic (exact) mass is 466 g/mol. The average Bonchev–Trinajstić information content (AvgIpc) is 2.62. The molecule has 26 heavy (non-hydrogen) atoms. The molecule has 5 heteroatoms. The molecule has 138 valence electrons. The van der Waals surface area contributed by atoms with Gasteiger partial charge in [-0.2, -0.15) is 0 Å². The molecule has 0 bridgehead atoms. The molecule has 0 radical (unpaired) electrons. The highest BCUT2D eigenvalue weighted by Gasteiger charge is 2.21. The first-order valence-electron chi connectivity index (χ1n) is 8.86. The second-order valence-corrected chi connectivity index (χ2v) is 6.61. The van der Waals surface area contributed by atoms with Gasteiger partial charge in [-0.3, -0.25) is 4.79 Å². The van der Waals surface area contributed by atoms with Gasteiger partial charge in [0.2, 0.25) is 5.69 Å². The van der Waals surface area contributed by atoms with Crippen LogP contribution in [0.2, 0.25) is 0 Å². The van der Waals surface area contributed by atoms with E-state index >= 15 is 0 Å². The van der Waals surface area contributed by atoms with Crippen molar-refractivity contribution < 1.29 is 37.7 Å². The molecule has 1 fully saturated rings. The highest BCUT2D eigenvalue weighted by Crippen LogP contribution is 2.18. The van der Waals surface area contributed by atoms with Crippen LogP contribution in [-0.4, -0.2) is 11.9 Å². The number of nitrogens with one attached hydrogen (secondary N) is 1. The molecular weight excluding hydrogens is 442 g/mol. The maximum atomic E-state index is 13.0. The summed E-state index contributed by atoms with van der Waals surface area (Å²) in [7, 11) is 1.92. The van der Waals surface area contributed by atoms with E-state index < -0.39 is 0 Å². The van der Waals surface area contributed by atoms with Crippen molar-refractivity contribution in [2.45, 2.75) is 38.1 Å². The molecular formula is C21H24FIN2O. The smallest absolute Gasteiger partial charge is 0.258 e. The van der Waals surface area contributed by atoms with Gasteiger partial charge in [0.1, 0.15) is 18.4 Å². The van der Waals surface area contributed by atoms with E-state index in [-0.39, 0.29) is 41.7 Å². The lowest BCUT2D eigenvalue weighted by Crippen LogP contribution is -3.00. The lowest BCUT2D eigenvalue weighted by atomic mass is 9.95. The van der Waals surface area contributed by atoms with Crippen molar-refractivity contribution in [3.63, 3.8) is 0 Å². The molecule has 1 aromatic carbocycles. The van der Waals surface area contributed by atoms with Crippen molar-refractivity contribution in [1.29, 1.82) is 0 Å². The number of hydrogen-bond donors (Lipinski definition) is 1. The Balaban J connectivity index is 0.00000243. The molecule has 0 spiro atoms. The third-order valence-electron chi connectivity index (χ3n) is 4.72. The van der Waals surface area contributed by atoms with E-state index in [2.05, 4.69) is 5.32 Å². The Morgan fingerprint density at radius 2 is 1.81 bits per heavy atom. The van der Waals surface area contributed by atoms with Crippen LogP contribution in [0.4, 0.5) is 4.39 Å². The number of nitrogens with zero attached hydrogens (tertiary/aromatic N) is 1. The summed E-state index contributed by atoms with van der Waals surface area (Å²) in [6.07, 6.45) is 11.5. The van der Waals surface area contributed by atoms with Crippen LogP contribution in [-0.2, 0) is 7.05 Å². The van der Waals surface area contributed by atoms with E-state index in [0.717, 1.165) is 24.1 Å². The third kappa shape index (κ3) is 5.37. The second-order valence-electron chi connectivity index (χ2n) is 6.61. The van der Waals surface area contributed by atoms with Crippen LogP contribution < -0.4 is 33.9 Å². The highest BCUT2D eigenvalue weighted by atomic mass is 127. The molecule has 0 aliphatic heterocycles. The maximum Gasteiger partial charge on any atom is 0.258 e. The van der Waals surface area contributed by atoms with Crippen LogP contribution >= 0.6 is 0 Å². The minimum Gasteiger partial charge on any atom is -1.00 e. The standard InChI is InChI=1S/C21H23FN2O.HI/c1-24-15-5-8-19(21(25)23-18-6-3-2-4-7-18)20(24)14-11-16-9-12-17(22)13-10-16;/h5,8-15,18H,2-4,6-7H2,1H3;1H/b14-11+;. The van der Waals surface area contributed by atoms with E-state index in [4.69, 9.17) is 0 Å². The molecule has 1 N–H and O–H groups in total. The molecule has 1 amide bonds. The molecule has 1 saturated carbocycles. The molecule has 1 heterocycles. The molecule has 1 aromatic heterocycles. The fourth-order valence-electron chi connectivity index (χ4n) is 3.28. The quantitative estimate of drug-likeness (QED) is 0.527.